The summed E-state index contributed by atoms with van der Waals surface area (Å²) in [7, 11) is -1.37. The van der Waals surface area contributed by atoms with Crippen LogP contribution in [0.2, 0.25) is 25.7 Å². The lowest BCUT2D eigenvalue weighted by Crippen LogP contribution is -2.70. The van der Waals surface area contributed by atoms with Crippen molar-refractivity contribution >= 4 is 25.4 Å². The number of benzene rings is 1. The zero-order chi connectivity index (χ0) is 23.9. The Hall–Kier alpha value is -1.98. The molecule has 180 valence electrons. The number of para-hydroxylation sites is 2. The summed E-state index contributed by atoms with van der Waals surface area (Å²) in [6.07, 6.45) is -0.577. The third kappa shape index (κ3) is 5.25. The van der Waals surface area contributed by atoms with Crippen LogP contribution in [0.25, 0.3) is 0 Å². The first-order valence-electron chi connectivity index (χ1n) is 11.9. The lowest BCUT2D eigenvalue weighted by atomic mass is 9.89. The van der Waals surface area contributed by atoms with Crippen molar-refractivity contribution in [3.05, 3.63) is 24.3 Å². The van der Waals surface area contributed by atoms with Gasteiger partial charge in [0.15, 0.2) is 0 Å². The molecule has 0 aromatic heterocycles. The third-order valence-electron chi connectivity index (χ3n) is 6.54. The Labute approximate surface area is 195 Å². The Morgan fingerprint density at radius 3 is 2.36 bits per heavy atom. The lowest BCUT2D eigenvalue weighted by Gasteiger charge is -2.48. The molecule has 2 fully saturated rings. The quantitative estimate of drug-likeness (QED) is 0.274. The van der Waals surface area contributed by atoms with Crippen LogP contribution < -0.4 is 9.80 Å². The van der Waals surface area contributed by atoms with Crippen LogP contribution in [-0.2, 0) is 9.53 Å². The number of nitrogens with zero attached hydrogens (tertiary/aromatic N) is 2. The Balaban J connectivity index is 1.73. The van der Waals surface area contributed by atoms with Crippen LogP contribution in [0.3, 0.4) is 0 Å². The van der Waals surface area contributed by atoms with E-state index in [0.717, 1.165) is 36.6 Å². The first kappa shape index (κ1) is 24.2. The van der Waals surface area contributed by atoms with Crippen molar-refractivity contribution in [2.75, 3.05) is 29.7 Å². The van der Waals surface area contributed by atoms with Crippen LogP contribution in [0, 0.1) is 23.7 Å². The number of ether oxygens (including phenoxy) is 1. The number of carbonyl (C=O) groups is 1. The minimum Gasteiger partial charge on any atom is -0.361 e. The molecule has 0 N–H and O–H groups in total. The maximum absolute atomic E-state index is 14.9. The average Bonchev–Trinajstić information content (AvgIpc) is 3.63. The van der Waals surface area contributed by atoms with E-state index in [2.05, 4.69) is 31.5 Å². The van der Waals surface area contributed by atoms with E-state index < -0.39 is 25.7 Å². The predicted molar refractivity (Wildman–Crippen MR) is 127 cm³/mol. The molecule has 1 aliphatic heterocycles. The van der Waals surface area contributed by atoms with Crippen LogP contribution in [0.5, 0.6) is 0 Å². The molecular weight excluding hydrogens is 445 g/mol. The van der Waals surface area contributed by atoms with Crippen molar-refractivity contribution in [1.82, 2.24) is 0 Å². The largest absolute Gasteiger partial charge is 0.432 e. The molecule has 8 heteroatoms. The summed E-state index contributed by atoms with van der Waals surface area (Å²) >= 11 is 0. The van der Waals surface area contributed by atoms with Gasteiger partial charge in [0.2, 0.25) is 0 Å². The molecule has 3 aliphatic rings. The molecule has 2 saturated carbocycles. The second-order valence-corrected chi connectivity index (χ2v) is 16.3. The summed E-state index contributed by atoms with van der Waals surface area (Å²) in [5.74, 6) is 4.58. The van der Waals surface area contributed by atoms with Crippen LogP contribution in [0.4, 0.5) is 24.5 Å². The maximum atomic E-state index is 14.9. The Morgan fingerprint density at radius 1 is 1.12 bits per heavy atom. The van der Waals surface area contributed by atoms with Gasteiger partial charge in [-0.15, -0.1) is 0 Å². The van der Waals surface area contributed by atoms with E-state index >= 15 is 0 Å². The van der Waals surface area contributed by atoms with E-state index in [1.54, 1.807) is 24.3 Å². The molecule has 1 amide bonds. The number of alkyl halides is 3. The molecule has 1 aromatic rings. The van der Waals surface area contributed by atoms with E-state index in [-0.39, 0.29) is 19.2 Å². The predicted octanol–water partition coefficient (Wildman–Crippen LogP) is 5.67. The Kier molecular flexibility index (Phi) is 6.58. The van der Waals surface area contributed by atoms with E-state index in [0.29, 0.717) is 30.3 Å². The number of anilines is 2. The summed E-state index contributed by atoms with van der Waals surface area (Å²) in [5, 5.41) is 0. The molecule has 0 radical (unpaired) electrons. The first-order chi connectivity index (χ1) is 15.5. The van der Waals surface area contributed by atoms with Gasteiger partial charge in [-0.2, -0.15) is 13.2 Å². The smallest absolute Gasteiger partial charge is 0.361 e. The van der Waals surface area contributed by atoms with Crippen molar-refractivity contribution < 1.29 is 22.7 Å². The number of hydrogen-bond donors (Lipinski definition) is 0. The molecule has 1 atom stereocenters. The van der Waals surface area contributed by atoms with Gasteiger partial charge in [0.25, 0.3) is 11.4 Å². The highest BCUT2D eigenvalue weighted by Crippen LogP contribution is 2.48. The van der Waals surface area contributed by atoms with Gasteiger partial charge < -0.3 is 9.64 Å². The van der Waals surface area contributed by atoms with Crippen LogP contribution in [0.1, 0.15) is 32.1 Å². The minimum absolute atomic E-state index is 0.0547. The summed E-state index contributed by atoms with van der Waals surface area (Å²) in [6, 6.07) is 7.71. The molecule has 4 rings (SSSR count). The van der Waals surface area contributed by atoms with Crippen molar-refractivity contribution in [1.29, 1.82) is 0 Å². The number of amides is 1. The fourth-order valence-corrected chi connectivity index (χ4v) is 4.85. The molecule has 1 aromatic carbocycles. The molecule has 2 aliphatic carbocycles. The summed E-state index contributed by atoms with van der Waals surface area (Å²) in [6.45, 7) is 6.98. The highest BCUT2D eigenvalue weighted by atomic mass is 28.3. The second-order valence-electron chi connectivity index (χ2n) is 10.7. The zero-order valence-corrected chi connectivity index (χ0v) is 20.7. The Bertz CT molecular complexity index is 941. The molecule has 1 unspecified atom stereocenters. The third-order valence-corrected chi connectivity index (χ3v) is 8.25. The van der Waals surface area contributed by atoms with Crippen molar-refractivity contribution in [2.24, 2.45) is 11.8 Å². The molecule has 0 spiro atoms. The first-order valence-corrected chi connectivity index (χ1v) is 15.6. The number of halogens is 3. The zero-order valence-electron chi connectivity index (χ0n) is 19.7. The summed E-state index contributed by atoms with van der Waals surface area (Å²) < 4.78 is 50.4. The SMILES string of the molecule is C[Si](C)(C)CCOCN1C(=O)C(C#CC2CC2)(C(F)(F)F)N(CCC2CC2)c2ccccc21. The number of rotatable bonds is 8. The minimum atomic E-state index is -4.85. The van der Waals surface area contributed by atoms with Crippen LogP contribution in [-0.4, -0.2) is 45.6 Å². The van der Waals surface area contributed by atoms with E-state index in [9.17, 15) is 18.0 Å². The standard InChI is InChI=1S/C25H33F3N2O2Si/c1-33(2,3)17-16-32-18-29-21-6-4-5-7-22(21)30(15-13-20-10-11-20)24(23(29)31,25(26,27)28)14-12-19-8-9-19/h4-7,19-20H,8-11,13,15-18H2,1-3H3. The number of fused-ring (bicyclic) bond motifs is 1. The van der Waals surface area contributed by atoms with Crippen molar-refractivity contribution in [3.63, 3.8) is 0 Å². The van der Waals surface area contributed by atoms with Gasteiger partial charge in [0.1, 0.15) is 6.73 Å². The number of carbonyl (C=O) groups excluding carboxylic acids is 1. The average molecular weight is 479 g/mol. The van der Waals surface area contributed by atoms with Gasteiger partial charge in [-0.25, -0.2) is 0 Å². The number of hydrogen-bond acceptors (Lipinski definition) is 3. The fourth-order valence-electron chi connectivity index (χ4n) is 4.09. The maximum Gasteiger partial charge on any atom is 0.432 e. The topological polar surface area (TPSA) is 32.8 Å². The lowest BCUT2D eigenvalue weighted by molar-refractivity contribution is -0.179. The molecular formula is C25H33F3N2O2Si. The van der Waals surface area contributed by atoms with Gasteiger partial charge in [-0.1, -0.05) is 56.5 Å². The second kappa shape index (κ2) is 8.99. The van der Waals surface area contributed by atoms with Crippen LogP contribution in [0.15, 0.2) is 24.3 Å². The van der Waals surface area contributed by atoms with Gasteiger partial charge in [0, 0.05) is 27.1 Å². The highest BCUT2D eigenvalue weighted by Gasteiger charge is 2.67. The molecule has 33 heavy (non-hydrogen) atoms. The molecule has 0 saturated heterocycles. The highest BCUT2D eigenvalue weighted by molar-refractivity contribution is 6.76. The van der Waals surface area contributed by atoms with E-state index in [1.807, 2.05) is 0 Å². The van der Waals surface area contributed by atoms with Gasteiger partial charge in [-0.3, -0.25) is 9.69 Å². The summed E-state index contributed by atoms with van der Waals surface area (Å²) in [4.78, 5) is 16.1. The normalized spacial score (nSPS) is 23.3. The van der Waals surface area contributed by atoms with Gasteiger partial charge in [-0.05, 0) is 43.4 Å². The molecule has 4 nitrogen and oxygen atoms in total. The van der Waals surface area contributed by atoms with Gasteiger partial charge in [0.05, 0.1) is 11.4 Å². The monoisotopic (exact) mass is 478 g/mol. The fraction of sp³-hybridized carbons (Fsp3) is 0.640. The van der Waals surface area contributed by atoms with E-state index in [4.69, 9.17) is 4.74 Å². The van der Waals surface area contributed by atoms with E-state index in [1.165, 1.54) is 4.90 Å². The molecule has 0 bridgehead atoms. The molecule has 1 heterocycles. The Morgan fingerprint density at radius 2 is 1.79 bits per heavy atom. The van der Waals surface area contributed by atoms with Gasteiger partial charge >= 0.3 is 6.18 Å². The van der Waals surface area contributed by atoms with Crippen molar-refractivity contribution in [2.45, 2.75) is 69.5 Å². The van der Waals surface area contributed by atoms with Crippen molar-refractivity contribution in [3.8, 4) is 11.8 Å². The van der Waals surface area contributed by atoms with Crippen LogP contribution >= 0.6 is 0 Å². The summed E-state index contributed by atoms with van der Waals surface area (Å²) in [5.41, 5.74) is -2.03.